The maximum absolute atomic E-state index is 2.48. The smallest absolute Gasteiger partial charge is 0.0541 e. The molecule has 2 aromatic heterocycles. The molecule has 13 aromatic carbocycles. The molecule has 1 aliphatic rings. The van der Waals surface area contributed by atoms with E-state index in [0.717, 1.165) is 11.4 Å². The molecule has 0 atom stereocenters. The van der Waals surface area contributed by atoms with Crippen molar-refractivity contribution < 1.29 is 0 Å². The van der Waals surface area contributed by atoms with E-state index in [1.807, 2.05) is 0 Å². The van der Waals surface area contributed by atoms with Gasteiger partial charge in [-0.15, -0.1) is 0 Å². The van der Waals surface area contributed by atoms with Gasteiger partial charge in [-0.2, -0.15) is 0 Å². The monoisotopic (exact) mass is 1000 g/mol. The second-order valence-electron chi connectivity index (χ2n) is 21.7. The quantitative estimate of drug-likeness (QED) is 0.141. The van der Waals surface area contributed by atoms with E-state index in [2.05, 4.69) is 296 Å². The van der Waals surface area contributed by atoms with Gasteiger partial charge in [0.2, 0.25) is 0 Å². The molecule has 2 heteroatoms. The zero-order valence-electron chi connectivity index (χ0n) is 44.0. The fourth-order valence-corrected chi connectivity index (χ4v) is 13.7. The molecule has 0 N–H and O–H groups in total. The molecular weight excluding hydrogens is 953 g/mol. The van der Waals surface area contributed by atoms with E-state index in [4.69, 9.17) is 0 Å². The normalized spacial score (nSPS) is 12.4. The molecule has 370 valence electrons. The van der Waals surface area contributed by atoms with E-state index >= 15 is 0 Å². The minimum atomic E-state index is 0.168. The van der Waals surface area contributed by atoms with Crippen molar-refractivity contribution in [3.05, 3.63) is 301 Å². The van der Waals surface area contributed by atoms with Crippen molar-refractivity contribution >= 4 is 65.2 Å². The Hall–Kier alpha value is -10.0. The van der Waals surface area contributed by atoms with Crippen molar-refractivity contribution in [3.63, 3.8) is 0 Å². The van der Waals surface area contributed by atoms with Gasteiger partial charge in [0.05, 0.1) is 22.1 Å². The van der Waals surface area contributed by atoms with Crippen molar-refractivity contribution in [2.75, 3.05) is 0 Å². The van der Waals surface area contributed by atoms with E-state index in [9.17, 15) is 0 Å². The van der Waals surface area contributed by atoms with Crippen molar-refractivity contribution in [3.8, 4) is 67.0 Å². The third-order valence-corrected chi connectivity index (χ3v) is 17.0. The lowest BCUT2D eigenvalue weighted by atomic mass is 9.86. The molecule has 0 saturated heterocycles. The molecule has 79 heavy (non-hydrogen) atoms. The fraction of sp³-hybridized carbons (Fsp3) is 0.0390. The molecule has 1 aliphatic carbocycles. The lowest BCUT2D eigenvalue weighted by Gasteiger charge is -2.18. The van der Waals surface area contributed by atoms with Crippen molar-refractivity contribution in [2.45, 2.75) is 19.8 Å². The van der Waals surface area contributed by atoms with Gasteiger partial charge < -0.3 is 9.13 Å². The Balaban J connectivity index is 0.876. The highest BCUT2D eigenvalue weighted by Crippen LogP contribution is 2.50. The number of hydrogen-bond acceptors (Lipinski definition) is 0. The summed E-state index contributed by atoms with van der Waals surface area (Å²) in [6.07, 6.45) is 0. The minimum Gasteiger partial charge on any atom is -0.309 e. The number of aromatic nitrogens is 2. The van der Waals surface area contributed by atoms with E-state index in [1.165, 1.54) is 149 Å². The van der Waals surface area contributed by atoms with E-state index in [0.29, 0.717) is 0 Å². The zero-order valence-corrected chi connectivity index (χ0v) is 44.0. The SMILES string of the molecule is Cc1cc(-c2ccc3c(c2)c2cc(-c4cc(C)cc(-n5c6ccccc6c6ccccc65)c4)ccc2n3-c2ccc(-c3c4ccccc4c(-c4ccccc4)c4ccccc34)cc2)cc(C2c3ccccc3-c3ccccc32)c1. The topological polar surface area (TPSA) is 9.86 Å². The van der Waals surface area contributed by atoms with Crippen LogP contribution in [0.25, 0.3) is 132 Å². The summed E-state index contributed by atoms with van der Waals surface area (Å²) in [7, 11) is 0. The lowest BCUT2D eigenvalue weighted by Crippen LogP contribution is -2.00. The zero-order chi connectivity index (χ0) is 52.3. The first-order chi connectivity index (χ1) is 39.0. The summed E-state index contributed by atoms with van der Waals surface area (Å²) in [5.74, 6) is 0.168. The van der Waals surface area contributed by atoms with Gasteiger partial charge in [0.25, 0.3) is 0 Å². The van der Waals surface area contributed by atoms with Gasteiger partial charge in [0, 0.05) is 38.8 Å². The maximum atomic E-state index is 2.48. The summed E-state index contributed by atoms with van der Waals surface area (Å²) in [6.45, 7) is 4.47. The Morgan fingerprint density at radius 3 is 1.20 bits per heavy atom. The van der Waals surface area contributed by atoms with Gasteiger partial charge in [-0.3, -0.25) is 0 Å². The fourth-order valence-electron chi connectivity index (χ4n) is 13.7. The van der Waals surface area contributed by atoms with E-state index < -0.39 is 0 Å². The van der Waals surface area contributed by atoms with Crippen LogP contribution in [0.15, 0.2) is 273 Å². The van der Waals surface area contributed by atoms with Crippen LogP contribution in [0.2, 0.25) is 0 Å². The standard InChI is InChI=1S/C77H52N2/c1-48-40-54(44-56(42-48)77-63-24-8-6-20-59(63)60-21-7-9-25-64(60)77)52-34-38-73-69(46-52)70-47-53(55-41-49(2)43-58(45-55)79-71-30-16-14-22-61(71)62-23-15-17-31-72(62)79)35-39-74(70)78(73)57-36-32-51(33-37-57)76-67-28-12-10-26-65(67)75(50-18-4-3-5-19-50)66-27-11-13-29-68(66)76/h3-47,77H,1-2H3. The summed E-state index contributed by atoms with van der Waals surface area (Å²) >= 11 is 0. The molecule has 0 radical (unpaired) electrons. The van der Waals surface area contributed by atoms with Crippen LogP contribution >= 0.6 is 0 Å². The lowest BCUT2D eigenvalue weighted by molar-refractivity contribution is 1.01. The van der Waals surface area contributed by atoms with Crippen molar-refractivity contribution in [1.29, 1.82) is 0 Å². The maximum Gasteiger partial charge on any atom is 0.0541 e. The van der Waals surface area contributed by atoms with E-state index in [-0.39, 0.29) is 5.92 Å². The van der Waals surface area contributed by atoms with Crippen LogP contribution in [0.5, 0.6) is 0 Å². The van der Waals surface area contributed by atoms with Gasteiger partial charge in [-0.05, 0) is 174 Å². The van der Waals surface area contributed by atoms with Gasteiger partial charge in [-0.1, -0.05) is 218 Å². The Labute approximate surface area is 459 Å². The van der Waals surface area contributed by atoms with Crippen LogP contribution in [0.1, 0.15) is 33.7 Å². The average molecular weight is 1010 g/mol. The summed E-state index contributed by atoms with van der Waals surface area (Å²) in [6, 6.07) is 102. The molecule has 0 amide bonds. The second-order valence-corrected chi connectivity index (χ2v) is 21.7. The highest BCUT2D eigenvalue weighted by Gasteiger charge is 2.30. The molecule has 0 aliphatic heterocycles. The van der Waals surface area contributed by atoms with Gasteiger partial charge >= 0.3 is 0 Å². The first-order valence-corrected chi connectivity index (χ1v) is 27.6. The Morgan fingerprint density at radius 1 is 0.253 bits per heavy atom. The van der Waals surface area contributed by atoms with Crippen LogP contribution in [0, 0.1) is 13.8 Å². The van der Waals surface area contributed by atoms with Gasteiger partial charge in [-0.25, -0.2) is 0 Å². The third kappa shape index (κ3) is 7.11. The third-order valence-electron chi connectivity index (χ3n) is 17.0. The first kappa shape index (κ1) is 45.2. The van der Waals surface area contributed by atoms with Crippen LogP contribution in [-0.4, -0.2) is 9.13 Å². The molecule has 15 aromatic rings. The molecular formula is C77H52N2. The number of aryl methyl sites for hydroxylation is 2. The van der Waals surface area contributed by atoms with Gasteiger partial charge in [0.15, 0.2) is 0 Å². The number of rotatable bonds is 7. The number of fused-ring (bicyclic) bond motifs is 11. The van der Waals surface area contributed by atoms with Gasteiger partial charge in [0.1, 0.15) is 0 Å². The molecule has 0 saturated carbocycles. The molecule has 2 heterocycles. The predicted molar refractivity (Wildman–Crippen MR) is 334 cm³/mol. The van der Waals surface area contributed by atoms with Crippen LogP contribution in [0.4, 0.5) is 0 Å². The Bertz CT molecular complexity index is 4820. The summed E-state index contributed by atoms with van der Waals surface area (Å²) in [5, 5.41) is 10.00. The number of benzene rings is 13. The van der Waals surface area contributed by atoms with E-state index in [1.54, 1.807) is 0 Å². The largest absolute Gasteiger partial charge is 0.309 e. The molecule has 0 bridgehead atoms. The molecule has 2 nitrogen and oxygen atoms in total. The number of nitrogens with zero attached hydrogens (tertiary/aromatic N) is 2. The predicted octanol–water partition coefficient (Wildman–Crippen LogP) is 20.6. The minimum absolute atomic E-state index is 0.168. The van der Waals surface area contributed by atoms with Crippen molar-refractivity contribution in [2.24, 2.45) is 0 Å². The van der Waals surface area contributed by atoms with Crippen LogP contribution in [0.3, 0.4) is 0 Å². The highest BCUT2D eigenvalue weighted by molar-refractivity contribution is 6.21. The van der Waals surface area contributed by atoms with Crippen LogP contribution < -0.4 is 0 Å². The van der Waals surface area contributed by atoms with Crippen molar-refractivity contribution in [1.82, 2.24) is 9.13 Å². The number of hydrogen-bond donors (Lipinski definition) is 0. The molecule has 0 fully saturated rings. The molecule has 0 spiro atoms. The number of para-hydroxylation sites is 2. The summed E-state index contributed by atoms with van der Waals surface area (Å²) < 4.78 is 4.91. The average Bonchev–Trinajstić information content (AvgIpc) is 4.28. The highest BCUT2D eigenvalue weighted by atomic mass is 15.0. The summed E-state index contributed by atoms with van der Waals surface area (Å²) in [5.41, 5.74) is 26.1. The van der Waals surface area contributed by atoms with Crippen LogP contribution in [-0.2, 0) is 0 Å². The molecule has 0 unspecified atom stereocenters. The Kier molecular flexibility index (Phi) is 10.2. The first-order valence-electron chi connectivity index (χ1n) is 27.6. The Morgan fingerprint density at radius 2 is 0.658 bits per heavy atom. The summed E-state index contributed by atoms with van der Waals surface area (Å²) in [4.78, 5) is 0. The second kappa shape index (κ2) is 17.8. The molecule has 16 rings (SSSR count).